The number of aliphatic carboxylic acids is 1. The molecule has 2 fully saturated rings. The Morgan fingerprint density at radius 1 is 1.37 bits per heavy atom. The number of piperidine rings is 2. The summed E-state index contributed by atoms with van der Waals surface area (Å²) in [5.41, 5.74) is 0. The van der Waals surface area contributed by atoms with Crippen LogP contribution in [0.2, 0.25) is 0 Å². The molecule has 2 aliphatic rings. The molecule has 5 nitrogen and oxygen atoms in total. The van der Waals surface area contributed by atoms with Crippen molar-refractivity contribution in [2.24, 2.45) is 5.92 Å². The van der Waals surface area contributed by atoms with Gasteiger partial charge in [-0.1, -0.05) is 6.42 Å². The maximum atomic E-state index is 11.9. The van der Waals surface area contributed by atoms with E-state index in [2.05, 4.69) is 11.8 Å². The normalized spacial score (nSPS) is 27.3. The predicted molar refractivity (Wildman–Crippen MR) is 71.8 cm³/mol. The summed E-state index contributed by atoms with van der Waals surface area (Å²) in [5.74, 6) is -1.05. The van der Waals surface area contributed by atoms with Crippen LogP contribution in [0, 0.1) is 5.92 Å². The summed E-state index contributed by atoms with van der Waals surface area (Å²) in [6, 6.07) is 0.330. The number of carboxylic acid groups (broad SMARTS) is 1. The van der Waals surface area contributed by atoms with Gasteiger partial charge in [-0.05, 0) is 39.3 Å². The fraction of sp³-hybridized carbons (Fsp3) is 0.857. The lowest BCUT2D eigenvalue weighted by atomic mass is 9.97. The molecule has 0 bridgehead atoms. The van der Waals surface area contributed by atoms with Crippen molar-refractivity contribution in [2.75, 3.05) is 26.2 Å². The second kappa shape index (κ2) is 6.37. The first-order valence-electron chi connectivity index (χ1n) is 7.32. The van der Waals surface area contributed by atoms with Crippen molar-refractivity contribution in [1.29, 1.82) is 0 Å². The summed E-state index contributed by atoms with van der Waals surface area (Å²) < 4.78 is 0. The highest BCUT2D eigenvalue weighted by molar-refractivity contribution is 5.80. The first-order chi connectivity index (χ1) is 9.08. The number of carbonyl (C=O) groups is 2. The number of rotatable bonds is 4. The van der Waals surface area contributed by atoms with Gasteiger partial charge in [0.05, 0.1) is 5.92 Å². The van der Waals surface area contributed by atoms with E-state index < -0.39 is 5.97 Å². The number of hydrogen-bond donors (Lipinski definition) is 1. The first kappa shape index (κ1) is 14.3. The van der Waals surface area contributed by atoms with E-state index in [1.54, 1.807) is 4.90 Å². The molecule has 0 aromatic rings. The maximum absolute atomic E-state index is 11.9. The van der Waals surface area contributed by atoms with Gasteiger partial charge < -0.3 is 10.0 Å². The number of amides is 1. The van der Waals surface area contributed by atoms with Crippen LogP contribution >= 0.6 is 0 Å². The van der Waals surface area contributed by atoms with Gasteiger partial charge in [-0.25, -0.2) is 0 Å². The van der Waals surface area contributed by atoms with E-state index in [1.165, 1.54) is 19.3 Å². The molecule has 0 spiro atoms. The van der Waals surface area contributed by atoms with E-state index in [4.69, 9.17) is 5.11 Å². The zero-order chi connectivity index (χ0) is 13.8. The highest BCUT2D eigenvalue weighted by Crippen LogP contribution is 2.20. The van der Waals surface area contributed by atoms with Crippen LogP contribution in [-0.2, 0) is 9.59 Å². The Bertz CT molecular complexity index is 340. The van der Waals surface area contributed by atoms with Gasteiger partial charge >= 0.3 is 5.97 Å². The highest BCUT2D eigenvalue weighted by Gasteiger charge is 2.31. The molecule has 2 rings (SSSR count). The van der Waals surface area contributed by atoms with Gasteiger partial charge in [-0.3, -0.25) is 14.5 Å². The summed E-state index contributed by atoms with van der Waals surface area (Å²) in [4.78, 5) is 27.1. The highest BCUT2D eigenvalue weighted by atomic mass is 16.4. The second-order valence-corrected chi connectivity index (χ2v) is 5.82. The molecule has 2 atom stereocenters. The molecular weight excluding hydrogens is 244 g/mol. The summed E-state index contributed by atoms with van der Waals surface area (Å²) in [5, 5.41) is 9.08. The quantitative estimate of drug-likeness (QED) is 0.832. The van der Waals surface area contributed by atoms with Crippen molar-refractivity contribution in [3.8, 4) is 0 Å². The van der Waals surface area contributed by atoms with Crippen molar-refractivity contribution < 1.29 is 14.7 Å². The molecular formula is C14H24N2O3. The zero-order valence-corrected chi connectivity index (χ0v) is 11.7. The predicted octanol–water partition coefficient (Wildman–Crippen LogP) is 1.18. The molecule has 0 saturated carbocycles. The van der Waals surface area contributed by atoms with Crippen molar-refractivity contribution in [2.45, 2.75) is 45.1 Å². The molecule has 0 aromatic carbocycles. The minimum absolute atomic E-state index is 0.112. The number of nitrogens with zero attached hydrogens (tertiary/aromatic N) is 2. The van der Waals surface area contributed by atoms with Crippen LogP contribution in [0.5, 0.6) is 0 Å². The number of hydrogen-bond acceptors (Lipinski definition) is 3. The Kier molecular flexibility index (Phi) is 4.80. The van der Waals surface area contributed by atoms with Gasteiger partial charge in [0.25, 0.3) is 0 Å². The van der Waals surface area contributed by atoms with Crippen LogP contribution in [0.1, 0.15) is 39.0 Å². The standard InChI is InChI=1S/C14H24N2O3/c1-11(15-7-3-2-4-8-15)9-16-10-12(14(18)19)5-6-13(16)17/h11-12H,2-10H2,1H3,(H,18,19). The smallest absolute Gasteiger partial charge is 0.308 e. The van der Waals surface area contributed by atoms with Crippen molar-refractivity contribution in [1.82, 2.24) is 9.80 Å². The van der Waals surface area contributed by atoms with E-state index in [9.17, 15) is 9.59 Å². The minimum Gasteiger partial charge on any atom is -0.481 e. The Hall–Kier alpha value is -1.10. The summed E-state index contributed by atoms with van der Waals surface area (Å²) >= 11 is 0. The average Bonchev–Trinajstić information content (AvgIpc) is 2.42. The number of likely N-dealkylation sites (tertiary alicyclic amines) is 2. The molecule has 1 N–H and O–H groups in total. The Balaban J connectivity index is 1.88. The van der Waals surface area contributed by atoms with Gasteiger partial charge in [0.1, 0.15) is 0 Å². The molecule has 2 aliphatic heterocycles. The molecule has 5 heteroatoms. The lowest BCUT2D eigenvalue weighted by molar-refractivity contribution is -0.147. The third kappa shape index (κ3) is 3.69. The van der Waals surface area contributed by atoms with Crippen LogP contribution in [0.3, 0.4) is 0 Å². The van der Waals surface area contributed by atoms with Crippen LogP contribution < -0.4 is 0 Å². The van der Waals surface area contributed by atoms with Crippen LogP contribution in [0.25, 0.3) is 0 Å². The molecule has 0 radical (unpaired) electrons. The van der Waals surface area contributed by atoms with E-state index >= 15 is 0 Å². The van der Waals surface area contributed by atoms with Crippen molar-refractivity contribution >= 4 is 11.9 Å². The van der Waals surface area contributed by atoms with E-state index in [-0.39, 0.29) is 11.8 Å². The van der Waals surface area contributed by atoms with Gasteiger partial charge in [0.2, 0.25) is 5.91 Å². The molecule has 2 heterocycles. The molecule has 2 saturated heterocycles. The largest absolute Gasteiger partial charge is 0.481 e. The molecule has 1 amide bonds. The van der Waals surface area contributed by atoms with Crippen LogP contribution in [-0.4, -0.2) is 59.0 Å². The van der Waals surface area contributed by atoms with Gasteiger partial charge in [-0.15, -0.1) is 0 Å². The molecule has 0 aromatic heterocycles. The average molecular weight is 268 g/mol. The minimum atomic E-state index is -0.775. The summed E-state index contributed by atoms with van der Waals surface area (Å²) in [7, 11) is 0. The fourth-order valence-electron chi connectivity index (χ4n) is 3.09. The summed E-state index contributed by atoms with van der Waals surface area (Å²) in [6.07, 6.45) is 4.63. The van der Waals surface area contributed by atoms with E-state index in [0.29, 0.717) is 32.0 Å². The Morgan fingerprint density at radius 3 is 2.68 bits per heavy atom. The lowest BCUT2D eigenvalue weighted by Crippen LogP contribution is -2.50. The van der Waals surface area contributed by atoms with Gasteiger partial charge in [-0.2, -0.15) is 0 Å². The first-order valence-corrected chi connectivity index (χ1v) is 7.32. The van der Waals surface area contributed by atoms with Gasteiger partial charge in [0, 0.05) is 25.6 Å². The third-order valence-corrected chi connectivity index (χ3v) is 4.35. The van der Waals surface area contributed by atoms with Crippen LogP contribution in [0.15, 0.2) is 0 Å². The third-order valence-electron chi connectivity index (χ3n) is 4.35. The fourth-order valence-corrected chi connectivity index (χ4v) is 3.09. The molecule has 0 aliphatic carbocycles. The molecule has 19 heavy (non-hydrogen) atoms. The summed E-state index contributed by atoms with van der Waals surface area (Å²) in [6.45, 7) is 5.40. The van der Waals surface area contributed by atoms with Crippen LogP contribution in [0.4, 0.5) is 0 Å². The van der Waals surface area contributed by atoms with E-state index in [0.717, 1.165) is 13.1 Å². The molecule has 108 valence electrons. The van der Waals surface area contributed by atoms with Crippen molar-refractivity contribution in [3.05, 3.63) is 0 Å². The lowest BCUT2D eigenvalue weighted by Gasteiger charge is -2.38. The Labute approximate surface area is 114 Å². The zero-order valence-electron chi connectivity index (χ0n) is 11.7. The molecule has 2 unspecified atom stereocenters. The topological polar surface area (TPSA) is 60.9 Å². The van der Waals surface area contributed by atoms with Crippen molar-refractivity contribution in [3.63, 3.8) is 0 Å². The maximum Gasteiger partial charge on any atom is 0.308 e. The van der Waals surface area contributed by atoms with Gasteiger partial charge in [0.15, 0.2) is 0 Å². The number of carbonyl (C=O) groups excluding carboxylic acids is 1. The number of carboxylic acids is 1. The monoisotopic (exact) mass is 268 g/mol. The SMILES string of the molecule is CC(CN1CC(C(=O)O)CCC1=O)N1CCCCC1. The van der Waals surface area contributed by atoms with E-state index in [1.807, 2.05) is 0 Å². The Morgan fingerprint density at radius 2 is 2.05 bits per heavy atom. The second-order valence-electron chi connectivity index (χ2n) is 5.82.